The SMILES string of the molecule is CCCOc1ccc(I)cc1C(=O)NC(O)C(C)c1c[nH]c2ccccc12. The molecule has 0 aliphatic heterocycles. The van der Waals surface area contributed by atoms with E-state index in [4.69, 9.17) is 4.74 Å². The second kappa shape index (κ2) is 8.75. The average molecular weight is 478 g/mol. The first-order valence-corrected chi connectivity index (χ1v) is 10.1. The fourth-order valence-corrected chi connectivity index (χ4v) is 3.49. The van der Waals surface area contributed by atoms with Crippen molar-refractivity contribution in [2.24, 2.45) is 0 Å². The summed E-state index contributed by atoms with van der Waals surface area (Å²) in [6.07, 6.45) is 1.72. The molecular formula is C21H23IN2O3. The molecule has 0 saturated heterocycles. The topological polar surface area (TPSA) is 74.3 Å². The summed E-state index contributed by atoms with van der Waals surface area (Å²) in [5.74, 6) is -0.0894. The van der Waals surface area contributed by atoms with Crippen molar-refractivity contribution in [1.82, 2.24) is 10.3 Å². The maximum absolute atomic E-state index is 12.8. The van der Waals surface area contributed by atoms with Gasteiger partial charge in [0.2, 0.25) is 0 Å². The van der Waals surface area contributed by atoms with Crippen LogP contribution in [-0.2, 0) is 0 Å². The number of fused-ring (bicyclic) bond motifs is 1. The molecule has 2 atom stereocenters. The van der Waals surface area contributed by atoms with Crippen molar-refractivity contribution < 1.29 is 14.6 Å². The van der Waals surface area contributed by atoms with Crippen LogP contribution in [0.15, 0.2) is 48.7 Å². The second-order valence-electron chi connectivity index (χ2n) is 6.49. The summed E-state index contributed by atoms with van der Waals surface area (Å²) in [6.45, 7) is 4.44. The van der Waals surface area contributed by atoms with Crippen molar-refractivity contribution in [3.8, 4) is 5.75 Å². The Morgan fingerprint density at radius 2 is 2.07 bits per heavy atom. The number of nitrogens with one attached hydrogen (secondary N) is 2. The van der Waals surface area contributed by atoms with E-state index in [-0.39, 0.29) is 11.8 Å². The molecule has 0 aliphatic carbocycles. The van der Waals surface area contributed by atoms with E-state index < -0.39 is 6.23 Å². The summed E-state index contributed by atoms with van der Waals surface area (Å²) in [6, 6.07) is 13.4. The van der Waals surface area contributed by atoms with Crippen molar-refractivity contribution in [1.29, 1.82) is 0 Å². The number of carbonyl (C=O) groups is 1. The van der Waals surface area contributed by atoms with Crippen LogP contribution < -0.4 is 10.1 Å². The van der Waals surface area contributed by atoms with Crippen molar-refractivity contribution in [3.05, 3.63) is 63.4 Å². The predicted octanol–water partition coefficient (Wildman–Crippen LogP) is 4.41. The zero-order valence-electron chi connectivity index (χ0n) is 15.3. The average Bonchev–Trinajstić information content (AvgIpc) is 3.10. The summed E-state index contributed by atoms with van der Waals surface area (Å²) in [5, 5.41) is 14.4. The molecule has 1 aromatic heterocycles. The van der Waals surface area contributed by atoms with Gasteiger partial charge in [0.15, 0.2) is 0 Å². The van der Waals surface area contributed by atoms with Gasteiger partial charge in [-0.25, -0.2) is 0 Å². The number of aliphatic hydroxyl groups is 1. The third kappa shape index (κ3) is 4.44. The minimum atomic E-state index is -1.02. The van der Waals surface area contributed by atoms with Gasteiger partial charge in [0.1, 0.15) is 12.0 Å². The van der Waals surface area contributed by atoms with Crippen LogP contribution in [0.2, 0.25) is 0 Å². The Hall–Kier alpha value is -2.06. The first-order chi connectivity index (χ1) is 13.0. The number of rotatable bonds is 7. The molecule has 0 aliphatic rings. The number of hydrogen-bond donors (Lipinski definition) is 3. The highest BCUT2D eigenvalue weighted by atomic mass is 127. The fraction of sp³-hybridized carbons (Fsp3) is 0.286. The molecule has 0 fully saturated rings. The number of ether oxygens (including phenoxy) is 1. The van der Waals surface area contributed by atoms with Crippen LogP contribution in [-0.4, -0.2) is 28.8 Å². The number of aromatic nitrogens is 1. The molecule has 3 aromatic rings. The Balaban J connectivity index is 1.78. The van der Waals surface area contributed by atoms with Gasteiger partial charge < -0.3 is 20.1 Å². The monoisotopic (exact) mass is 478 g/mol. The number of hydrogen-bond acceptors (Lipinski definition) is 3. The third-order valence-electron chi connectivity index (χ3n) is 4.51. The van der Waals surface area contributed by atoms with E-state index in [0.29, 0.717) is 17.9 Å². The summed E-state index contributed by atoms with van der Waals surface area (Å²) >= 11 is 2.16. The van der Waals surface area contributed by atoms with Gasteiger partial charge in [-0.3, -0.25) is 4.79 Å². The number of halogens is 1. The Labute approximate surface area is 172 Å². The van der Waals surface area contributed by atoms with Crippen molar-refractivity contribution >= 4 is 39.4 Å². The van der Waals surface area contributed by atoms with Gasteiger partial charge in [-0.1, -0.05) is 32.0 Å². The van der Waals surface area contributed by atoms with Crippen LogP contribution in [0.4, 0.5) is 0 Å². The first-order valence-electron chi connectivity index (χ1n) is 8.98. The highest BCUT2D eigenvalue weighted by Crippen LogP contribution is 2.28. The van der Waals surface area contributed by atoms with Crippen molar-refractivity contribution in [2.45, 2.75) is 32.4 Å². The zero-order chi connectivity index (χ0) is 19.4. The molecule has 2 unspecified atom stereocenters. The van der Waals surface area contributed by atoms with Crippen LogP contribution in [0.1, 0.15) is 42.1 Å². The number of para-hydroxylation sites is 1. The normalized spacial score (nSPS) is 13.3. The minimum Gasteiger partial charge on any atom is -0.493 e. The Morgan fingerprint density at radius 1 is 1.30 bits per heavy atom. The van der Waals surface area contributed by atoms with Gasteiger partial charge in [-0.05, 0) is 58.8 Å². The van der Waals surface area contributed by atoms with E-state index in [1.165, 1.54) is 0 Å². The summed E-state index contributed by atoms with van der Waals surface area (Å²) < 4.78 is 6.61. The Morgan fingerprint density at radius 3 is 2.85 bits per heavy atom. The lowest BCUT2D eigenvalue weighted by atomic mass is 9.98. The molecule has 1 heterocycles. The number of carbonyl (C=O) groups excluding carboxylic acids is 1. The zero-order valence-corrected chi connectivity index (χ0v) is 17.5. The van der Waals surface area contributed by atoms with Crippen LogP contribution in [0.3, 0.4) is 0 Å². The van der Waals surface area contributed by atoms with Crippen molar-refractivity contribution in [3.63, 3.8) is 0 Å². The standard InChI is InChI=1S/C21H23IN2O3/c1-3-10-27-19-9-8-14(22)11-16(19)21(26)24-20(25)13(2)17-12-23-18-7-5-4-6-15(17)18/h4-9,11-13,20,23,25H,3,10H2,1-2H3,(H,24,26). The van der Waals surface area contributed by atoms with Crippen molar-refractivity contribution in [2.75, 3.05) is 6.61 Å². The Bertz CT molecular complexity index is 938. The van der Waals surface area contributed by atoms with Crippen LogP contribution in [0.25, 0.3) is 10.9 Å². The maximum Gasteiger partial charge on any atom is 0.257 e. The molecule has 0 radical (unpaired) electrons. The van der Waals surface area contributed by atoms with E-state index >= 15 is 0 Å². The van der Waals surface area contributed by atoms with E-state index in [2.05, 4.69) is 32.9 Å². The third-order valence-corrected chi connectivity index (χ3v) is 5.18. The van der Waals surface area contributed by atoms with Crippen LogP contribution >= 0.6 is 22.6 Å². The van der Waals surface area contributed by atoms with Gasteiger partial charge in [0, 0.05) is 26.6 Å². The lowest BCUT2D eigenvalue weighted by molar-refractivity contribution is 0.0724. The Kier molecular flexibility index (Phi) is 6.38. The number of amides is 1. The van der Waals surface area contributed by atoms with Gasteiger partial charge in [-0.2, -0.15) is 0 Å². The molecule has 1 amide bonds. The molecule has 2 aromatic carbocycles. The number of H-pyrrole nitrogens is 1. The number of benzene rings is 2. The minimum absolute atomic E-state index is 0.270. The summed E-state index contributed by atoms with van der Waals surface area (Å²) in [5.41, 5.74) is 2.40. The smallest absolute Gasteiger partial charge is 0.257 e. The van der Waals surface area contributed by atoms with Crippen LogP contribution in [0, 0.1) is 3.57 Å². The molecular weight excluding hydrogens is 455 g/mol. The molecule has 0 bridgehead atoms. The van der Waals surface area contributed by atoms with E-state index in [0.717, 1.165) is 26.5 Å². The molecule has 142 valence electrons. The summed E-state index contributed by atoms with van der Waals surface area (Å²) in [7, 11) is 0. The summed E-state index contributed by atoms with van der Waals surface area (Å²) in [4.78, 5) is 16.0. The second-order valence-corrected chi connectivity index (χ2v) is 7.73. The molecule has 6 heteroatoms. The van der Waals surface area contributed by atoms with Gasteiger partial charge in [0.05, 0.1) is 12.2 Å². The maximum atomic E-state index is 12.8. The predicted molar refractivity (Wildman–Crippen MR) is 115 cm³/mol. The molecule has 27 heavy (non-hydrogen) atoms. The first kappa shape index (κ1) is 19.7. The lowest BCUT2D eigenvalue weighted by Crippen LogP contribution is -2.38. The number of aliphatic hydroxyl groups excluding tert-OH is 1. The molecule has 3 rings (SSSR count). The van der Waals surface area contributed by atoms with Gasteiger partial charge in [-0.15, -0.1) is 0 Å². The molecule has 0 saturated carbocycles. The number of aromatic amines is 1. The van der Waals surface area contributed by atoms with E-state index in [1.807, 2.05) is 50.4 Å². The largest absolute Gasteiger partial charge is 0.493 e. The van der Waals surface area contributed by atoms with E-state index in [1.54, 1.807) is 12.1 Å². The fourth-order valence-electron chi connectivity index (χ4n) is 3.00. The van der Waals surface area contributed by atoms with Gasteiger partial charge in [0.25, 0.3) is 5.91 Å². The van der Waals surface area contributed by atoms with Gasteiger partial charge >= 0.3 is 0 Å². The highest BCUT2D eigenvalue weighted by molar-refractivity contribution is 14.1. The lowest BCUT2D eigenvalue weighted by Gasteiger charge is -2.21. The molecule has 3 N–H and O–H groups in total. The van der Waals surface area contributed by atoms with Crippen LogP contribution in [0.5, 0.6) is 5.75 Å². The quantitative estimate of drug-likeness (QED) is 0.348. The molecule has 5 nitrogen and oxygen atoms in total. The highest BCUT2D eigenvalue weighted by Gasteiger charge is 2.23. The van der Waals surface area contributed by atoms with E-state index in [9.17, 15) is 9.90 Å². The molecule has 0 spiro atoms.